The minimum absolute atomic E-state index is 0.238. The first-order chi connectivity index (χ1) is 11.4. The molecular formula is C16H14F3N3O2. The standard InChI is InChI=1S/C16H14F3N3O2/c1-24-14-8-10-4-7-22(13(10)9-12(14)16(17,18)19)15(23)21-11-2-5-20-6-3-11/h2-3,5-6,8-9H,4,7H2,1H3,(H,20,21,23). The Morgan fingerprint density at radius 3 is 2.62 bits per heavy atom. The third kappa shape index (κ3) is 2.99. The summed E-state index contributed by atoms with van der Waals surface area (Å²) in [5, 5.41) is 2.65. The van der Waals surface area contributed by atoms with Crippen molar-refractivity contribution in [2.24, 2.45) is 0 Å². The number of fused-ring (bicyclic) bond motifs is 1. The van der Waals surface area contributed by atoms with Crippen molar-refractivity contribution in [1.29, 1.82) is 0 Å². The number of benzene rings is 1. The molecule has 1 aliphatic rings. The van der Waals surface area contributed by atoms with Gasteiger partial charge in [0.2, 0.25) is 0 Å². The second-order valence-electron chi connectivity index (χ2n) is 5.25. The van der Waals surface area contributed by atoms with E-state index in [1.165, 1.54) is 30.5 Å². The average molecular weight is 337 g/mol. The van der Waals surface area contributed by atoms with Crippen molar-refractivity contribution >= 4 is 17.4 Å². The van der Waals surface area contributed by atoms with Gasteiger partial charge in [0.1, 0.15) is 5.75 Å². The summed E-state index contributed by atoms with van der Waals surface area (Å²) in [6.45, 7) is 0.302. The Bertz CT molecular complexity index is 763. The topological polar surface area (TPSA) is 54.5 Å². The summed E-state index contributed by atoms with van der Waals surface area (Å²) in [5.41, 5.74) is 0.514. The highest BCUT2D eigenvalue weighted by Crippen LogP contribution is 2.42. The van der Waals surface area contributed by atoms with Gasteiger partial charge in [-0.15, -0.1) is 0 Å². The summed E-state index contributed by atoms with van der Waals surface area (Å²) in [6, 6.07) is 5.03. The number of ether oxygens (including phenoxy) is 1. The van der Waals surface area contributed by atoms with Crippen LogP contribution in [0, 0.1) is 0 Å². The van der Waals surface area contributed by atoms with Crippen molar-refractivity contribution in [3.05, 3.63) is 47.8 Å². The smallest absolute Gasteiger partial charge is 0.420 e. The van der Waals surface area contributed by atoms with Crippen molar-refractivity contribution in [2.45, 2.75) is 12.6 Å². The van der Waals surface area contributed by atoms with Gasteiger partial charge >= 0.3 is 12.2 Å². The molecule has 0 bridgehead atoms. The van der Waals surface area contributed by atoms with Gasteiger partial charge in [0.25, 0.3) is 0 Å². The van der Waals surface area contributed by atoms with Crippen LogP contribution >= 0.6 is 0 Å². The molecule has 126 valence electrons. The molecule has 3 rings (SSSR count). The van der Waals surface area contributed by atoms with Crippen molar-refractivity contribution in [2.75, 3.05) is 23.9 Å². The van der Waals surface area contributed by atoms with Gasteiger partial charge in [0, 0.05) is 30.3 Å². The first-order valence-electron chi connectivity index (χ1n) is 7.17. The third-order valence-corrected chi connectivity index (χ3v) is 3.78. The molecule has 0 atom stereocenters. The van der Waals surface area contributed by atoms with E-state index in [2.05, 4.69) is 10.3 Å². The number of aromatic nitrogens is 1. The number of nitrogens with one attached hydrogen (secondary N) is 1. The predicted molar refractivity (Wildman–Crippen MR) is 82.3 cm³/mol. The van der Waals surface area contributed by atoms with Gasteiger partial charge in [-0.2, -0.15) is 13.2 Å². The molecule has 1 N–H and O–H groups in total. The number of methoxy groups -OCH3 is 1. The van der Waals surface area contributed by atoms with Crippen molar-refractivity contribution in [1.82, 2.24) is 4.98 Å². The number of hydrogen-bond acceptors (Lipinski definition) is 3. The molecule has 1 aromatic carbocycles. The summed E-state index contributed by atoms with van der Waals surface area (Å²) in [6.07, 6.45) is -1.07. The van der Waals surface area contributed by atoms with Crippen LogP contribution in [0.3, 0.4) is 0 Å². The number of anilines is 2. The van der Waals surface area contributed by atoms with Gasteiger partial charge in [0.05, 0.1) is 12.7 Å². The number of halogens is 3. The fourth-order valence-electron chi connectivity index (χ4n) is 2.64. The number of hydrogen-bond donors (Lipinski definition) is 1. The summed E-state index contributed by atoms with van der Waals surface area (Å²) in [7, 11) is 1.19. The van der Waals surface area contributed by atoms with Crippen LogP contribution in [-0.2, 0) is 12.6 Å². The molecular weight excluding hydrogens is 323 g/mol. The van der Waals surface area contributed by atoms with Gasteiger partial charge in [-0.3, -0.25) is 9.88 Å². The Balaban J connectivity index is 1.92. The number of rotatable bonds is 2. The van der Waals surface area contributed by atoms with Crippen LogP contribution in [0.25, 0.3) is 0 Å². The van der Waals surface area contributed by atoms with Crippen molar-refractivity contribution < 1.29 is 22.7 Å². The molecule has 0 saturated heterocycles. The highest BCUT2D eigenvalue weighted by molar-refractivity contribution is 6.03. The maximum Gasteiger partial charge on any atom is 0.420 e. The van der Waals surface area contributed by atoms with E-state index in [4.69, 9.17) is 4.74 Å². The first-order valence-corrected chi connectivity index (χ1v) is 7.17. The highest BCUT2D eigenvalue weighted by Gasteiger charge is 2.37. The summed E-state index contributed by atoms with van der Waals surface area (Å²) < 4.78 is 44.4. The number of alkyl halides is 3. The predicted octanol–water partition coefficient (Wildman–Crippen LogP) is 3.70. The fraction of sp³-hybridized carbons (Fsp3) is 0.250. The molecule has 1 aliphatic heterocycles. The van der Waals surface area contributed by atoms with E-state index >= 15 is 0 Å². The molecule has 8 heteroatoms. The Kier molecular flexibility index (Phi) is 4.04. The molecule has 2 aromatic rings. The summed E-state index contributed by atoms with van der Waals surface area (Å²) >= 11 is 0. The van der Waals surface area contributed by atoms with Crippen LogP contribution in [0.1, 0.15) is 11.1 Å². The molecule has 0 saturated carbocycles. The number of nitrogens with zero attached hydrogens (tertiary/aromatic N) is 2. The number of carbonyl (C=O) groups excluding carboxylic acids is 1. The monoisotopic (exact) mass is 337 g/mol. The van der Waals surface area contributed by atoms with Gasteiger partial charge < -0.3 is 10.1 Å². The highest BCUT2D eigenvalue weighted by atomic mass is 19.4. The minimum atomic E-state index is -4.56. The Labute approximate surface area is 136 Å². The summed E-state index contributed by atoms with van der Waals surface area (Å²) in [4.78, 5) is 17.5. The lowest BCUT2D eigenvalue weighted by molar-refractivity contribution is -0.138. The van der Waals surface area contributed by atoms with Crippen LogP contribution < -0.4 is 15.0 Å². The molecule has 0 aliphatic carbocycles. The van der Waals surface area contributed by atoms with Crippen LogP contribution in [0.5, 0.6) is 5.75 Å². The molecule has 24 heavy (non-hydrogen) atoms. The lowest BCUT2D eigenvalue weighted by Crippen LogP contribution is -2.33. The largest absolute Gasteiger partial charge is 0.496 e. The molecule has 0 radical (unpaired) electrons. The van der Waals surface area contributed by atoms with E-state index < -0.39 is 17.8 Å². The van der Waals surface area contributed by atoms with Crippen LogP contribution in [-0.4, -0.2) is 24.7 Å². The number of pyridine rings is 1. The molecule has 0 fully saturated rings. The van der Waals surface area contributed by atoms with Gasteiger partial charge in [-0.05, 0) is 36.2 Å². The van der Waals surface area contributed by atoms with E-state index in [0.717, 1.165) is 6.07 Å². The molecule has 0 spiro atoms. The first kappa shape index (κ1) is 16.1. The molecule has 0 unspecified atom stereocenters. The van der Waals surface area contributed by atoms with E-state index in [1.54, 1.807) is 12.1 Å². The SMILES string of the molecule is COc1cc2c(cc1C(F)(F)F)N(C(=O)Nc1ccncc1)CC2. The third-order valence-electron chi connectivity index (χ3n) is 3.78. The minimum Gasteiger partial charge on any atom is -0.496 e. The van der Waals surface area contributed by atoms with Crippen molar-refractivity contribution in [3.63, 3.8) is 0 Å². The lowest BCUT2D eigenvalue weighted by atomic mass is 10.1. The molecule has 1 aromatic heterocycles. The number of carbonyl (C=O) groups is 1. The Hall–Kier alpha value is -2.77. The van der Waals surface area contributed by atoms with Crippen molar-refractivity contribution in [3.8, 4) is 5.75 Å². The van der Waals surface area contributed by atoms with Crippen LogP contribution in [0.2, 0.25) is 0 Å². The number of urea groups is 1. The average Bonchev–Trinajstić information content (AvgIpc) is 2.96. The van der Waals surface area contributed by atoms with E-state index in [-0.39, 0.29) is 11.4 Å². The molecule has 5 nitrogen and oxygen atoms in total. The van der Waals surface area contributed by atoms with Gasteiger partial charge in [-0.25, -0.2) is 4.79 Å². The van der Waals surface area contributed by atoms with Crippen LogP contribution in [0.4, 0.5) is 29.3 Å². The van der Waals surface area contributed by atoms with Gasteiger partial charge in [-0.1, -0.05) is 0 Å². The van der Waals surface area contributed by atoms with Crippen LogP contribution in [0.15, 0.2) is 36.7 Å². The fourth-order valence-corrected chi connectivity index (χ4v) is 2.64. The zero-order valence-electron chi connectivity index (χ0n) is 12.7. The zero-order valence-corrected chi connectivity index (χ0v) is 12.7. The Morgan fingerprint density at radius 2 is 2.00 bits per heavy atom. The number of amides is 2. The second-order valence-corrected chi connectivity index (χ2v) is 5.25. The molecule has 2 heterocycles. The maximum atomic E-state index is 13.2. The zero-order chi connectivity index (χ0) is 17.3. The summed E-state index contributed by atoms with van der Waals surface area (Å²) in [5.74, 6) is -0.238. The molecule has 2 amide bonds. The van der Waals surface area contributed by atoms with E-state index in [9.17, 15) is 18.0 Å². The van der Waals surface area contributed by atoms with E-state index in [1.807, 2.05) is 0 Å². The Morgan fingerprint density at radius 1 is 1.29 bits per heavy atom. The van der Waals surface area contributed by atoms with E-state index in [0.29, 0.717) is 24.2 Å². The normalized spacial score (nSPS) is 13.6. The maximum absolute atomic E-state index is 13.2. The van der Waals surface area contributed by atoms with Gasteiger partial charge in [0.15, 0.2) is 0 Å². The second kappa shape index (κ2) is 6.03. The lowest BCUT2D eigenvalue weighted by Gasteiger charge is -2.20. The quantitative estimate of drug-likeness (QED) is 0.909.